The molecule has 0 unspecified atom stereocenters. The predicted octanol–water partition coefficient (Wildman–Crippen LogP) is 2.28. The molecule has 1 N–H and O–H groups in total. The number of piperazine rings is 1. The number of hydrogen-bond donors (Lipinski definition) is 1. The fourth-order valence-corrected chi connectivity index (χ4v) is 3.25. The minimum Gasteiger partial charge on any atom is -0.375 e. The largest absolute Gasteiger partial charge is 0.375 e. The summed E-state index contributed by atoms with van der Waals surface area (Å²) in [4.78, 5) is 9.47. The molecule has 1 saturated heterocycles. The van der Waals surface area contributed by atoms with Crippen LogP contribution in [0.3, 0.4) is 0 Å². The van der Waals surface area contributed by atoms with Gasteiger partial charge in [0.1, 0.15) is 5.76 Å². The molecular formula is C21H31N5O2. The van der Waals surface area contributed by atoms with E-state index in [2.05, 4.69) is 39.3 Å². The van der Waals surface area contributed by atoms with Crippen LogP contribution in [0.2, 0.25) is 0 Å². The third-order valence-electron chi connectivity index (χ3n) is 4.68. The molecule has 0 amide bonds. The predicted molar refractivity (Wildman–Crippen MR) is 110 cm³/mol. The number of aryl methyl sites for hydroxylation is 1. The van der Waals surface area contributed by atoms with Crippen LogP contribution in [0, 0.1) is 6.92 Å². The summed E-state index contributed by atoms with van der Waals surface area (Å²) in [5.74, 6) is 1.84. The smallest absolute Gasteiger partial charge is 0.194 e. The van der Waals surface area contributed by atoms with E-state index in [9.17, 15) is 0 Å². The summed E-state index contributed by atoms with van der Waals surface area (Å²) in [5, 5.41) is 7.50. The van der Waals surface area contributed by atoms with E-state index in [-0.39, 0.29) is 0 Å². The zero-order chi connectivity index (χ0) is 19.6. The molecule has 0 radical (unpaired) electrons. The molecule has 3 rings (SSSR count). The Morgan fingerprint density at radius 2 is 2.00 bits per heavy atom. The molecule has 1 aromatic carbocycles. The monoisotopic (exact) mass is 385 g/mol. The summed E-state index contributed by atoms with van der Waals surface area (Å²) in [6.45, 7) is 11.5. The second kappa shape index (κ2) is 10.8. The second-order valence-corrected chi connectivity index (χ2v) is 6.97. The number of benzene rings is 1. The van der Waals surface area contributed by atoms with Crippen LogP contribution >= 0.6 is 0 Å². The minimum atomic E-state index is 0.620. The third kappa shape index (κ3) is 6.35. The van der Waals surface area contributed by atoms with E-state index in [0.29, 0.717) is 19.8 Å². The van der Waals surface area contributed by atoms with E-state index in [1.54, 1.807) is 0 Å². The van der Waals surface area contributed by atoms with Crippen LogP contribution in [-0.2, 0) is 17.9 Å². The molecule has 1 aromatic heterocycles. The lowest BCUT2D eigenvalue weighted by Crippen LogP contribution is -2.52. The van der Waals surface area contributed by atoms with Crippen molar-refractivity contribution < 1.29 is 9.26 Å². The van der Waals surface area contributed by atoms with Crippen LogP contribution < -0.4 is 5.32 Å². The zero-order valence-electron chi connectivity index (χ0n) is 16.9. The highest BCUT2D eigenvalue weighted by atomic mass is 16.5. The first-order valence-corrected chi connectivity index (χ1v) is 10.0. The van der Waals surface area contributed by atoms with E-state index in [4.69, 9.17) is 14.3 Å². The van der Waals surface area contributed by atoms with Gasteiger partial charge in [0.25, 0.3) is 0 Å². The zero-order valence-corrected chi connectivity index (χ0v) is 16.9. The first-order chi connectivity index (χ1) is 13.7. The van der Waals surface area contributed by atoms with Crippen molar-refractivity contribution in [3.63, 3.8) is 0 Å². The van der Waals surface area contributed by atoms with Gasteiger partial charge in [-0.1, -0.05) is 35.5 Å². The van der Waals surface area contributed by atoms with Gasteiger partial charge in [0.2, 0.25) is 0 Å². The van der Waals surface area contributed by atoms with Gasteiger partial charge < -0.3 is 19.5 Å². The normalized spacial score (nSPS) is 15.8. The van der Waals surface area contributed by atoms with Crippen molar-refractivity contribution in [1.29, 1.82) is 0 Å². The van der Waals surface area contributed by atoms with Crippen LogP contribution in [-0.4, -0.2) is 66.8 Å². The molecule has 0 atom stereocenters. The molecule has 1 fully saturated rings. The van der Waals surface area contributed by atoms with Crippen molar-refractivity contribution >= 4 is 5.96 Å². The SMILES string of the molecule is CCNC(=NCCOCc1ccccc1)N1CCN(Cc2cc(C)on2)CC1. The number of guanidine groups is 1. The van der Waals surface area contributed by atoms with Crippen molar-refractivity contribution in [2.75, 3.05) is 45.9 Å². The summed E-state index contributed by atoms with van der Waals surface area (Å²) in [5.41, 5.74) is 2.19. The average Bonchev–Trinajstić information content (AvgIpc) is 3.13. The highest BCUT2D eigenvalue weighted by Gasteiger charge is 2.20. The Labute approximate surface area is 167 Å². The van der Waals surface area contributed by atoms with Crippen LogP contribution in [0.1, 0.15) is 23.9 Å². The van der Waals surface area contributed by atoms with Crippen molar-refractivity contribution in [2.24, 2.45) is 4.99 Å². The minimum absolute atomic E-state index is 0.620. The Morgan fingerprint density at radius 1 is 1.21 bits per heavy atom. The molecule has 0 aliphatic carbocycles. The number of nitrogens with one attached hydrogen (secondary N) is 1. The Morgan fingerprint density at radius 3 is 2.68 bits per heavy atom. The second-order valence-electron chi connectivity index (χ2n) is 6.97. The van der Waals surface area contributed by atoms with Crippen LogP contribution in [0.25, 0.3) is 0 Å². The summed E-state index contributed by atoms with van der Waals surface area (Å²) < 4.78 is 10.9. The van der Waals surface area contributed by atoms with Gasteiger partial charge in [-0.25, -0.2) is 0 Å². The summed E-state index contributed by atoms with van der Waals surface area (Å²) >= 11 is 0. The van der Waals surface area contributed by atoms with E-state index in [0.717, 1.165) is 56.7 Å². The van der Waals surface area contributed by atoms with Gasteiger partial charge in [0, 0.05) is 45.3 Å². The molecule has 1 aliphatic heterocycles. The summed E-state index contributed by atoms with van der Waals surface area (Å²) in [7, 11) is 0. The van der Waals surface area contributed by atoms with E-state index in [1.807, 2.05) is 31.2 Å². The fraction of sp³-hybridized carbons (Fsp3) is 0.524. The summed E-state index contributed by atoms with van der Waals surface area (Å²) in [6, 6.07) is 12.2. The van der Waals surface area contributed by atoms with Gasteiger partial charge in [-0.15, -0.1) is 0 Å². The van der Waals surface area contributed by atoms with Crippen LogP contribution in [0.5, 0.6) is 0 Å². The van der Waals surface area contributed by atoms with Crippen LogP contribution in [0.15, 0.2) is 45.9 Å². The standard InChI is InChI=1S/C21H31N5O2/c1-3-22-21(23-9-14-27-17-19-7-5-4-6-8-19)26-12-10-25(11-13-26)16-20-15-18(2)28-24-20/h4-8,15H,3,9-14,16-17H2,1-2H3,(H,22,23). The van der Waals surface area contributed by atoms with Gasteiger partial charge in [0.15, 0.2) is 5.96 Å². The number of nitrogens with zero attached hydrogens (tertiary/aromatic N) is 4. The lowest BCUT2D eigenvalue weighted by Gasteiger charge is -2.36. The van der Waals surface area contributed by atoms with Crippen LogP contribution in [0.4, 0.5) is 0 Å². The Hall–Kier alpha value is -2.38. The number of ether oxygens (including phenoxy) is 1. The Bertz CT molecular complexity index is 723. The molecule has 0 saturated carbocycles. The quantitative estimate of drug-likeness (QED) is 0.427. The maximum atomic E-state index is 5.74. The number of rotatable bonds is 8. The lowest BCUT2D eigenvalue weighted by atomic mass is 10.2. The summed E-state index contributed by atoms with van der Waals surface area (Å²) in [6.07, 6.45) is 0. The number of hydrogen-bond acceptors (Lipinski definition) is 5. The van der Waals surface area contributed by atoms with E-state index in [1.165, 1.54) is 5.56 Å². The maximum Gasteiger partial charge on any atom is 0.194 e. The Kier molecular flexibility index (Phi) is 7.87. The Balaban J connectivity index is 1.41. The highest BCUT2D eigenvalue weighted by molar-refractivity contribution is 5.80. The highest BCUT2D eigenvalue weighted by Crippen LogP contribution is 2.09. The lowest BCUT2D eigenvalue weighted by molar-refractivity contribution is 0.127. The van der Waals surface area contributed by atoms with Gasteiger partial charge in [0.05, 0.1) is 25.5 Å². The maximum absolute atomic E-state index is 5.74. The van der Waals surface area contributed by atoms with Gasteiger partial charge >= 0.3 is 0 Å². The molecule has 7 heteroatoms. The number of aliphatic imine (C=N–C) groups is 1. The molecule has 1 aliphatic rings. The fourth-order valence-electron chi connectivity index (χ4n) is 3.25. The first-order valence-electron chi connectivity index (χ1n) is 10.0. The molecular weight excluding hydrogens is 354 g/mol. The van der Waals surface area contributed by atoms with Gasteiger partial charge in [-0.3, -0.25) is 9.89 Å². The first kappa shape index (κ1) is 20.4. The topological polar surface area (TPSA) is 66.1 Å². The molecule has 152 valence electrons. The molecule has 2 heterocycles. The molecule has 0 bridgehead atoms. The molecule has 28 heavy (non-hydrogen) atoms. The average molecular weight is 386 g/mol. The third-order valence-corrected chi connectivity index (χ3v) is 4.68. The number of aromatic nitrogens is 1. The van der Waals surface area contributed by atoms with Crippen molar-refractivity contribution in [2.45, 2.75) is 27.0 Å². The van der Waals surface area contributed by atoms with E-state index >= 15 is 0 Å². The van der Waals surface area contributed by atoms with Crippen molar-refractivity contribution in [3.8, 4) is 0 Å². The molecule has 2 aromatic rings. The van der Waals surface area contributed by atoms with Gasteiger partial charge in [-0.2, -0.15) is 0 Å². The molecule has 7 nitrogen and oxygen atoms in total. The van der Waals surface area contributed by atoms with Crippen molar-refractivity contribution in [1.82, 2.24) is 20.3 Å². The van der Waals surface area contributed by atoms with E-state index < -0.39 is 0 Å². The van der Waals surface area contributed by atoms with Crippen molar-refractivity contribution in [3.05, 3.63) is 53.4 Å². The van der Waals surface area contributed by atoms with Gasteiger partial charge in [-0.05, 0) is 19.4 Å². The molecule has 0 spiro atoms.